The number of nitrogens with two attached hydrogens (primary N) is 1. The summed E-state index contributed by atoms with van der Waals surface area (Å²) >= 11 is 0. The Hall–Kier alpha value is -1.22. The molecule has 0 amide bonds. The fraction of sp³-hybridized carbons (Fsp3) is 0.333. The second kappa shape index (κ2) is 5.41. The molecule has 0 spiro atoms. The Labute approximate surface area is 108 Å². The number of aromatic hydroxyl groups is 1. The first-order chi connectivity index (χ1) is 7.96. The average Bonchev–Trinajstić information content (AvgIpc) is 2.17. The van der Waals surface area contributed by atoms with Crippen molar-refractivity contribution in [2.45, 2.75) is 18.4 Å². The lowest BCUT2D eigenvalue weighted by Crippen LogP contribution is -2.31. The van der Waals surface area contributed by atoms with Crippen LogP contribution in [0.15, 0.2) is 12.1 Å². The van der Waals surface area contributed by atoms with E-state index in [1.54, 1.807) is 0 Å². The Balaban J connectivity index is 0.00000324. The van der Waals surface area contributed by atoms with Gasteiger partial charge < -0.3 is 10.8 Å². The van der Waals surface area contributed by atoms with Gasteiger partial charge in [-0.25, -0.2) is 4.39 Å². The molecule has 0 aliphatic rings. The molecule has 0 aromatic heterocycles. The van der Waals surface area contributed by atoms with Crippen molar-refractivity contribution >= 4 is 12.4 Å². The molecule has 0 radical (unpaired) electrons. The van der Waals surface area contributed by atoms with Gasteiger partial charge in [0.2, 0.25) is 0 Å². The van der Waals surface area contributed by atoms with Gasteiger partial charge in [-0.3, -0.25) is 0 Å². The van der Waals surface area contributed by atoms with Crippen molar-refractivity contribution in [2.75, 3.05) is 0 Å². The van der Waals surface area contributed by atoms with E-state index in [1.165, 1.54) is 0 Å². The van der Waals surface area contributed by atoms with Crippen LogP contribution < -0.4 is 5.73 Å². The van der Waals surface area contributed by atoms with Gasteiger partial charge in [0, 0.05) is 5.56 Å². The maximum absolute atomic E-state index is 12.9. The SMILES string of the molecule is Cl.N[C@@H](c1c(C(F)(F)F)ccc(F)c1O)C(F)(F)F. The summed E-state index contributed by atoms with van der Waals surface area (Å²) in [6.45, 7) is 0. The van der Waals surface area contributed by atoms with E-state index in [0.717, 1.165) is 0 Å². The second-order valence-electron chi connectivity index (χ2n) is 3.37. The molecule has 0 heterocycles. The summed E-state index contributed by atoms with van der Waals surface area (Å²) in [6.07, 6.45) is -10.4. The van der Waals surface area contributed by atoms with Crippen LogP contribution in [0.4, 0.5) is 30.7 Å². The van der Waals surface area contributed by atoms with Crippen molar-refractivity contribution in [1.29, 1.82) is 0 Å². The Morgan fingerprint density at radius 3 is 1.89 bits per heavy atom. The highest BCUT2D eigenvalue weighted by molar-refractivity contribution is 5.85. The third kappa shape index (κ3) is 3.63. The van der Waals surface area contributed by atoms with Crippen LogP contribution in [0.3, 0.4) is 0 Å². The van der Waals surface area contributed by atoms with E-state index in [2.05, 4.69) is 5.73 Å². The predicted molar refractivity (Wildman–Crippen MR) is 53.3 cm³/mol. The molecule has 1 aromatic carbocycles. The van der Waals surface area contributed by atoms with E-state index in [1.807, 2.05) is 0 Å². The van der Waals surface area contributed by atoms with E-state index >= 15 is 0 Å². The molecule has 1 rings (SSSR count). The number of halogens is 8. The molecule has 1 aromatic rings. The smallest absolute Gasteiger partial charge is 0.416 e. The van der Waals surface area contributed by atoms with Gasteiger partial charge in [-0.15, -0.1) is 12.4 Å². The largest absolute Gasteiger partial charge is 0.505 e. The van der Waals surface area contributed by atoms with E-state index in [0.29, 0.717) is 0 Å². The maximum atomic E-state index is 12.9. The van der Waals surface area contributed by atoms with Crippen LogP contribution in [0.2, 0.25) is 0 Å². The monoisotopic (exact) mass is 313 g/mol. The molecule has 0 unspecified atom stereocenters. The van der Waals surface area contributed by atoms with Crippen LogP contribution in [0.5, 0.6) is 5.75 Å². The van der Waals surface area contributed by atoms with Gasteiger partial charge in [-0.05, 0) is 12.1 Å². The minimum Gasteiger partial charge on any atom is -0.505 e. The van der Waals surface area contributed by atoms with Gasteiger partial charge in [0.1, 0.15) is 6.04 Å². The highest BCUT2D eigenvalue weighted by Crippen LogP contribution is 2.43. The summed E-state index contributed by atoms with van der Waals surface area (Å²) in [5.41, 5.74) is 1.03. The van der Waals surface area contributed by atoms with Crippen LogP contribution in [0.1, 0.15) is 17.2 Å². The van der Waals surface area contributed by atoms with Gasteiger partial charge >= 0.3 is 12.4 Å². The number of hydrogen-bond acceptors (Lipinski definition) is 2. The second-order valence-corrected chi connectivity index (χ2v) is 3.37. The Bertz CT molecular complexity index is 457. The molecular formula is C9H7ClF7NO. The predicted octanol–water partition coefficient (Wildman–Crippen LogP) is 3.53. The highest BCUT2D eigenvalue weighted by atomic mass is 35.5. The maximum Gasteiger partial charge on any atom is 0.416 e. The summed E-state index contributed by atoms with van der Waals surface area (Å²) < 4.78 is 87.1. The molecule has 0 saturated carbocycles. The van der Waals surface area contributed by atoms with Gasteiger partial charge in [-0.1, -0.05) is 0 Å². The molecule has 10 heteroatoms. The quantitative estimate of drug-likeness (QED) is 0.779. The molecule has 1 atom stereocenters. The normalized spacial score (nSPS) is 13.9. The number of hydrogen-bond donors (Lipinski definition) is 2. The molecule has 0 aliphatic heterocycles. The fourth-order valence-electron chi connectivity index (χ4n) is 1.31. The van der Waals surface area contributed by atoms with E-state index in [9.17, 15) is 30.7 Å². The van der Waals surface area contributed by atoms with E-state index in [-0.39, 0.29) is 24.5 Å². The first kappa shape index (κ1) is 17.8. The van der Waals surface area contributed by atoms with Crippen LogP contribution in [-0.2, 0) is 6.18 Å². The van der Waals surface area contributed by atoms with Crippen molar-refractivity contribution in [1.82, 2.24) is 0 Å². The summed E-state index contributed by atoms with van der Waals surface area (Å²) in [4.78, 5) is 0. The van der Waals surface area contributed by atoms with Crippen molar-refractivity contribution in [2.24, 2.45) is 5.73 Å². The summed E-state index contributed by atoms with van der Waals surface area (Å²) in [5.74, 6) is -3.37. The molecule has 2 nitrogen and oxygen atoms in total. The molecule has 0 aliphatic carbocycles. The minimum absolute atomic E-state index is 0. The fourth-order valence-corrected chi connectivity index (χ4v) is 1.31. The third-order valence-electron chi connectivity index (χ3n) is 2.14. The molecule has 0 bridgehead atoms. The molecule has 110 valence electrons. The number of rotatable bonds is 1. The van der Waals surface area contributed by atoms with Crippen molar-refractivity contribution in [3.63, 3.8) is 0 Å². The van der Waals surface area contributed by atoms with Gasteiger partial charge in [0.15, 0.2) is 11.6 Å². The van der Waals surface area contributed by atoms with Crippen molar-refractivity contribution < 1.29 is 35.8 Å². The lowest BCUT2D eigenvalue weighted by atomic mass is 9.98. The summed E-state index contributed by atoms with van der Waals surface area (Å²) in [6, 6.07) is -2.83. The lowest BCUT2D eigenvalue weighted by Gasteiger charge is -2.21. The van der Waals surface area contributed by atoms with Crippen LogP contribution in [-0.4, -0.2) is 11.3 Å². The number of alkyl halides is 6. The lowest BCUT2D eigenvalue weighted by molar-refractivity contribution is -0.156. The third-order valence-corrected chi connectivity index (χ3v) is 2.14. The zero-order valence-electron chi connectivity index (χ0n) is 8.81. The first-order valence-corrected chi connectivity index (χ1v) is 4.37. The van der Waals surface area contributed by atoms with E-state index < -0.39 is 41.1 Å². The summed E-state index contributed by atoms with van der Waals surface area (Å²) in [7, 11) is 0. The first-order valence-electron chi connectivity index (χ1n) is 4.37. The molecule has 19 heavy (non-hydrogen) atoms. The number of phenolic OH excluding ortho intramolecular Hbond substituents is 1. The van der Waals surface area contributed by atoms with Gasteiger partial charge in [0.05, 0.1) is 5.56 Å². The highest BCUT2D eigenvalue weighted by Gasteiger charge is 2.45. The van der Waals surface area contributed by atoms with Gasteiger partial charge in [-0.2, -0.15) is 26.3 Å². The zero-order valence-corrected chi connectivity index (χ0v) is 9.63. The zero-order chi connectivity index (χ0) is 14.3. The minimum atomic E-state index is -5.24. The number of benzene rings is 1. The molecule has 0 fully saturated rings. The Morgan fingerprint density at radius 2 is 1.53 bits per heavy atom. The standard InChI is InChI=1S/C9H6F7NO.ClH/c10-4-2-1-3(8(11,12)13)5(6(4)18)7(17)9(14,15)16;/h1-2,7,18H,17H2;1H/t7-;/m0./s1. The molecule has 0 saturated heterocycles. The topological polar surface area (TPSA) is 46.2 Å². The van der Waals surface area contributed by atoms with Crippen LogP contribution in [0, 0.1) is 5.82 Å². The Morgan fingerprint density at radius 1 is 1.05 bits per heavy atom. The van der Waals surface area contributed by atoms with Gasteiger partial charge in [0.25, 0.3) is 0 Å². The van der Waals surface area contributed by atoms with Crippen LogP contribution >= 0.6 is 12.4 Å². The van der Waals surface area contributed by atoms with Crippen molar-refractivity contribution in [3.8, 4) is 5.75 Å². The molecular weight excluding hydrogens is 307 g/mol. The molecule has 3 N–H and O–H groups in total. The number of phenols is 1. The van der Waals surface area contributed by atoms with Crippen molar-refractivity contribution in [3.05, 3.63) is 29.1 Å². The summed E-state index contributed by atoms with van der Waals surface area (Å²) in [5, 5.41) is 9.02. The van der Waals surface area contributed by atoms with Crippen LogP contribution in [0.25, 0.3) is 0 Å². The average molecular weight is 314 g/mol. The Kier molecular flexibility index (Phi) is 5.07. The van der Waals surface area contributed by atoms with E-state index in [4.69, 9.17) is 5.11 Å².